The maximum Gasteiger partial charge on any atom is 0.419 e. The van der Waals surface area contributed by atoms with Gasteiger partial charge in [0.05, 0.1) is 24.0 Å². The highest BCUT2D eigenvalue weighted by Crippen LogP contribution is 2.32. The van der Waals surface area contributed by atoms with E-state index < -0.39 is 41.7 Å². The second-order valence-electron chi connectivity index (χ2n) is 4.39. The van der Waals surface area contributed by atoms with Gasteiger partial charge in [0.1, 0.15) is 17.6 Å². The zero-order chi connectivity index (χ0) is 16.3. The molecule has 1 unspecified atom stereocenters. The molecule has 1 heterocycles. The summed E-state index contributed by atoms with van der Waals surface area (Å²) in [4.78, 5) is 11.9. The Bertz CT molecular complexity index is 653. The summed E-state index contributed by atoms with van der Waals surface area (Å²) in [7, 11) is 0. The molecule has 4 nitrogen and oxygen atoms in total. The molecule has 0 saturated carbocycles. The number of aliphatic hydroxyl groups excluding tert-OH is 1. The van der Waals surface area contributed by atoms with Crippen molar-refractivity contribution in [1.29, 1.82) is 0 Å². The topological polar surface area (TPSA) is 62.5 Å². The van der Waals surface area contributed by atoms with Crippen molar-refractivity contribution in [3.8, 4) is 0 Å². The molecule has 0 radical (unpaired) electrons. The van der Waals surface area contributed by atoms with Crippen LogP contribution in [0.3, 0.4) is 0 Å². The van der Waals surface area contributed by atoms with E-state index in [0.29, 0.717) is 6.07 Å². The number of carbonyl (C=O) groups excluding carboxylic acids is 1. The van der Waals surface area contributed by atoms with Gasteiger partial charge in [-0.15, -0.1) is 0 Å². The minimum Gasteiger partial charge on any atom is -0.467 e. The van der Waals surface area contributed by atoms with Crippen molar-refractivity contribution in [2.24, 2.45) is 0 Å². The van der Waals surface area contributed by atoms with Crippen LogP contribution in [0.25, 0.3) is 0 Å². The molecule has 1 aromatic carbocycles. The lowest BCUT2D eigenvalue weighted by Gasteiger charge is -2.15. The number of rotatable bonds is 4. The summed E-state index contributed by atoms with van der Waals surface area (Å²) in [6.45, 7) is -0.556. The number of carbonyl (C=O) groups is 1. The van der Waals surface area contributed by atoms with Crippen LogP contribution in [0.15, 0.2) is 41.0 Å². The summed E-state index contributed by atoms with van der Waals surface area (Å²) in [6.07, 6.45) is -3.60. The fourth-order valence-electron chi connectivity index (χ4n) is 1.86. The highest BCUT2D eigenvalue weighted by atomic mass is 19.4. The van der Waals surface area contributed by atoms with Gasteiger partial charge < -0.3 is 14.8 Å². The van der Waals surface area contributed by atoms with Gasteiger partial charge in [0.15, 0.2) is 0 Å². The van der Waals surface area contributed by atoms with Crippen LogP contribution in [-0.2, 0) is 6.18 Å². The molecule has 8 heteroatoms. The van der Waals surface area contributed by atoms with Crippen LogP contribution in [0.1, 0.15) is 27.7 Å². The summed E-state index contributed by atoms with van der Waals surface area (Å²) in [5, 5.41) is 11.4. The van der Waals surface area contributed by atoms with Crippen molar-refractivity contribution in [3.63, 3.8) is 0 Å². The van der Waals surface area contributed by atoms with Gasteiger partial charge in [0, 0.05) is 0 Å². The molecule has 22 heavy (non-hydrogen) atoms. The Balaban J connectivity index is 2.27. The summed E-state index contributed by atoms with van der Waals surface area (Å²) in [5.41, 5.74) is -2.29. The third kappa shape index (κ3) is 3.28. The minimum atomic E-state index is -4.90. The summed E-state index contributed by atoms with van der Waals surface area (Å²) >= 11 is 0. The lowest BCUT2D eigenvalue weighted by atomic mass is 10.1. The summed E-state index contributed by atoms with van der Waals surface area (Å²) in [5.74, 6) is -2.55. The van der Waals surface area contributed by atoms with Crippen LogP contribution in [0, 0.1) is 5.82 Å². The molecule has 0 spiro atoms. The molecular weight excluding hydrogens is 306 g/mol. The zero-order valence-corrected chi connectivity index (χ0v) is 11.0. The monoisotopic (exact) mass is 317 g/mol. The Hall–Kier alpha value is -2.35. The van der Waals surface area contributed by atoms with Gasteiger partial charge in [-0.1, -0.05) is 6.07 Å². The van der Waals surface area contributed by atoms with Crippen LogP contribution in [0.5, 0.6) is 0 Å². The molecular formula is C14H11F4NO3. The molecule has 2 rings (SSSR count). The van der Waals surface area contributed by atoms with Crippen LogP contribution < -0.4 is 5.32 Å². The number of benzene rings is 1. The van der Waals surface area contributed by atoms with E-state index >= 15 is 0 Å². The minimum absolute atomic E-state index is 0.197. The van der Waals surface area contributed by atoms with Crippen molar-refractivity contribution in [1.82, 2.24) is 5.32 Å². The van der Waals surface area contributed by atoms with Gasteiger partial charge in [-0.2, -0.15) is 13.2 Å². The molecule has 2 aromatic rings. The quantitative estimate of drug-likeness (QED) is 0.852. The molecule has 118 valence electrons. The first-order valence-electron chi connectivity index (χ1n) is 6.15. The average molecular weight is 317 g/mol. The van der Waals surface area contributed by atoms with Gasteiger partial charge in [-0.05, 0) is 24.3 Å². The SMILES string of the molecule is O=C(NC(CO)c1ccco1)c1cccc(C(F)(F)F)c1F. The largest absolute Gasteiger partial charge is 0.467 e. The first-order valence-corrected chi connectivity index (χ1v) is 6.15. The summed E-state index contributed by atoms with van der Waals surface area (Å²) < 4.78 is 56.7. The molecule has 0 aliphatic carbocycles. The normalized spacial score (nSPS) is 13.0. The number of aliphatic hydroxyl groups is 1. The third-order valence-corrected chi connectivity index (χ3v) is 2.92. The zero-order valence-electron chi connectivity index (χ0n) is 11.0. The van der Waals surface area contributed by atoms with Gasteiger partial charge >= 0.3 is 6.18 Å². The number of nitrogens with one attached hydrogen (secondary N) is 1. The second-order valence-corrected chi connectivity index (χ2v) is 4.39. The smallest absolute Gasteiger partial charge is 0.419 e. The lowest BCUT2D eigenvalue weighted by Crippen LogP contribution is -2.31. The Labute approximate surface area is 122 Å². The standard InChI is InChI=1S/C14H11F4NO3/c15-12-8(3-1-4-9(12)14(16,17)18)13(21)19-10(7-20)11-5-2-6-22-11/h1-6,10,20H,7H2,(H,19,21). The highest BCUT2D eigenvalue weighted by molar-refractivity contribution is 5.95. The fourth-order valence-corrected chi connectivity index (χ4v) is 1.86. The first kappa shape index (κ1) is 16.0. The molecule has 0 saturated heterocycles. The van der Waals surface area contributed by atoms with E-state index in [1.807, 2.05) is 0 Å². The number of furan rings is 1. The highest BCUT2D eigenvalue weighted by Gasteiger charge is 2.36. The van der Waals surface area contributed by atoms with Crippen molar-refractivity contribution in [2.45, 2.75) is 12.2 Å². The van der Waals surface area contributed by atoms with Crippen LogP contribution >= 0.6 is 0 Å². The van der Waals surface area contributed by atoms with Gasteiger partial charge in [0.25, 0.3) is 5.91 Å². The van der Waals surface area contributed by atoms with E-state index in [0.717, 1.165) is 12.1 Å². The molecule has 0 aliphatic rings. The predicted molar refractivity (Wildman–Crippen MR) is 67.4 cm³/mol. The van der Waals surface area contributed by atoms with Crippen LogP contribution in [0.2, 0.25) is 0 Å². The summed E-state index contributed by atoms with van der Waals surface area (Å²) in [6, 6.07) is 4.38. The van der Waals surface area contributed by atoms with Gasteiger partial charge in [-0.25, -0.2) is 4.39 Å². The van der Waals surface area contributed by atoms with Crippen LogP contribution in [0.4, 0.5) is 17.6 Å². The second kappa shape index (κ2) is 6.18. The average Bonchev–Trinajstić information content (AvgIpc) is 2.97. The van der Waals surface area contributed by atoms with E-state index in [4.69, 9.17) is 4.42 Å². The predicted octanol–water partition coefficient (Wildman–Crippen LogP) is 2.90. The Morgan fingerprint density at radius 3 is 2.55 bits per heavy atom. The number of alkyl halides is 3. The van der Waals surface area contributed by atoms with Crippen molar-refractivity contribution in [3.05, 3.63) is 59.3 Å². The van der Waals surface area contributed by atoms with E-state index in [1.165, 1.54) is 18.4 Å². The van der Waals surface area contributed by atoms with Crippen molar-refractivity contribution >= 4 is 5.91 Å². The Morgan fingerprint density at radius 2 is 2.00 bits per heavy atom. The first-order chi connectivity index (χ1) is 10.3. The van der Waals surface area contributed by atoms with E-state index in [1.54, 1.807) is 0 Å². The Kier molecular flexibility index (Phi) is 4.51. The maximum atomic E-state index is 13.8. The van der Waals surface area contributed by atoms with E-state index in [2.05, 4.69) is 5.32 Å². The van der Waals surface area contributed by atoms with Crippen molar-refractivity contribution in [2.75, 3.05) is 6.61 Å². The maximum absolute atomic E-state index is 13.8. The lowest BCUT2D eigenvalue weighted by molar-refractivity contribution is -0.140. The van der Waals surface area contributed by atoms with Crippen molar-refractivity contribution < 1.29 is 31.9 Å². The van der Waals surface area contributed by atoms with Gasteiger partial charge in [0.2, 0.25) is 0 Å². The fraction of sp³-hybridized carbons (Fsp3) is 0.214. The van der Waals surface area contributed by atoms with Gasteiger partial charge in [-0.3, -0.25) is 4.79 Å². The number of hydrogen-bond donors (Lipinski definition) is 2. The molecule has 0 fully saturated rings. The van der Waals surface area contributed by atoms with E-state index in [9.17, 15) is 27.5 Å². The Morgan fingerprint density at radius 1 is 1.27 bits per heavy atom. The van der Waals surface area contributed by atoms with Crippen LogP contribution in [-0.4, -0.2) is 17.6 Å². The molecule has 1 amide bonds. The molecule has 0 aliphatic heterocycles. The molecule has 0 bridgehead atoms. The number of amides is 1. The number of halogens is 4. The third-order valence-electron chi connectivity index (χ3n) is 2.92. The van der Waals surface area contributed by atoms with E-state index in [-0.39, 0.29) is 5.76 Å². The molecule has 2 N–H and O–H groups in total. The molecule has 1 atom stereocenters. The molecule has 1 aromatic heterocycles. The number of hydrogen-bond acceptors (Lipinski definition) is 3.